The first kappa shape index (κ1) is 15.5. The fraction of sp³-hybridized carbons (Fsp3) is 0.500. The third-order valence-corrected chi connectivity index (χ3v) is 3.78. The molecule has 1 saturated heterocycles. The number of benzene rings is 1. The summed E-state index contributed by atoms with van der Waals surface area (Å²) in [5, 5.41) is 1.41. The SMILES string of the molecule is COCCCN1NC(=O)C(c2c(C)cc(C)cc2C)C1=O. The fourth-order valence-electron chi connectivity index (χ4n) is 2.95. The molecule has 0 aliphatic carbocycles. The first-order valence-corrected chi connectivity index (χ1v) is 7.14. The van der Waals surface area contributed by atoms with Crippen molar-refractivity contribution in [3.8, 4) is 0 Å². The van der Waals surface area contributed by atoms with E-state index >= 15 is 0 Å². The van der Waals surface area contributed by atoms with Crippen molar-refractivity contribution in [2.45, 2.75) is 33.1 Å². The molecule has 1 unspecified atom stereocenters. The van der Waals surface area contributed by atoms with E-state index in [1.165, 1.54) is 5.01 Å². The molecule has 1 heterocycles. The molecule has 5 heteroatoms. The normalized spacial score (nSPS) is 18.3. The van der Waals surface area contributed by atoms with E-state index in [0.29, 0.717) is 19.6 Å². The van der Waals surface area contributed by atoms with Gasteiger partial charge in [-0.1, -0.05) is 17.7 Å². The minimum atomic E-state index is -0.729. The molecule has 2 rings (SSSR count). The predicted octanol–water partition coefficient (Wildman–Crippen LogP) is 1.61. The Hall–Kier alpha value is -1.88. The van der Waals surface area contributed by atoms with E-state index in [-0.39, 0.29) is 11.8 Å². The maximum atomic E-state index is 12.5. The van der Waals surface area contributed by atoms with Gasteiger partial charge < -0.3 is 4.74 Å². The molecule has 1 atom stereocenters. The van der Waals surface area contributed by atoms with Crippen molar-refractivity contribution in [1.29, 1.82) is 0 Å². The van der Waals surface area contributed by atoms with Gasteiger partial charge in [-0.25, -0.2) is 0 Å². The topological polar surface area (TPSA) is 58.6 Å². The van der Waals surface area contributed by atoms with Crippen molar-refractivity contribution in [3.05, 3.63) is 34.4 Å². The molecule has 0 saturated carbocycles. The average Bonchev–Trinajstić information content (AvgIpc) is 2.66. The van der Waals surface area contributed by atoms with Crippen LogP contribution in [-0.2, 0) is 14.3 Å². The van der Waals surface area contributed by atoms with E-state index in [9.17, 15) is 9.59 Å². The quantitative estimate of drug-likeness (QED) is 0.662. The number of hydrazine groups is 1. The minimum absolute atomic E-state index is 0.175. The van der Waals surface area contributed by atoms with Crippen molar-refractivity contribution in [2.24, 2.45) is 0 Å². The second-order valence-corrected chi connectivity index (χ2v) is 5.56. The minimum Gasteiger partial charge on any atom is -0.385 e. The van der Waals surface area contributed by atoms with Gasteiger partial charge in [-0.3, -0.25) is 20.0 Å². The van der Waals surface area contributed by atoms with Crippen LogP contribution < -0.4 is 5.43 Å². The number of carbonyl (C=O) groups excluding carboxylic acids is 2. The Labute approximate surface area is 125 Å². The van der Waals surface area contributed by atoms with Crippen LogP contribution in [0.25, 0.3) is 0 Å². The molecule has 1 aliphatic heterocycles. The number of amides is 2. The second kappa shape index (κ2) is 6.26. The van der Waals surface area contributed by atoms with Crippen molar-refractivity contribution in [1.82, 2.24) is 10.4 Å². The van der Waals surface area contributed by atoms with E-state index in [0.717, 1.165) is 22.3 Å². The molecule has 0 spiro atoms. The Bertz CT molecular complexity index is 546. The highest BCUT2D eigenvalue weighted by atomic mass is 16.5. The second-order valence-electron chi connectivity index (χ2n) is 5.56. The van der Waals surface area contributed by atoms with Crippen molar-refractivity contribution in [2.75, 3.05) is 20.3 Å². The van der Waals surface area contributed by atoms with Crippen LogP contribution >= 0.6 is 0 Å². The fourth-order valence-corrected chi connectivity index (χ4v) is 2.95. The molecule has 1 aromatic carbocycles. The molecular weight excluding hydrogens is 268 g/mol. The van der Waals surface area contributed by atoms with Crippen LogP contribution in [0.3, 0.4) is 0 Å². The maximum absolute atomic E-state index is 12.5. The number of nitrogens with one attached hydrogen (secondary N) is 1. The lowest BCUT2D eigenvalue weighted by Crippen LogP contribution is -2.37. The smallest absolute Gasteiger partial charge is 0.258 e. The van der Waals surface area contributed by atoms with E-state index in [4.69, 9.17) is 4.74 Å². The van der Waals surface area contributed by atoms with Gasteiger partial charge in [0, 0.05) is 20.3 Å². The number of hydrogen-bond donors (Lipinski definition) is 1. The van der Waals surface area contributed by atoms with Crippen LogP contribution in [0, 0.1) is 20.8 Å². The number of rotatable bonds is 5. The zero-order valence-corrected chi connectivity index (χ0v) is 13.0. The van der Waals surface area contributed by atoms with Crippen molar-refractivity contribution < 1.29 is 14.3 Å². The molecule has 1 aliphatic rings. The summed E-state index contributed by atoms with van der Waals surface area (Å²) in [6.45, 7) is 6.94. The Morgan fingerprint density at radius 2 is 1.81 bits per heavy atom. The first-order valence-electron chi connectivity index (χ1n) is 7.14. The standard InChI is InChI=1S/C16H22N2O3/c1-10-8-11(2)13(12(3)9-10)14-15(19)17-18(16(14)20)6-5-7-21-4/h8-9,14H,5-7H2,1-4H3,(H,17,19). The Morgan fingerprint density at radius 3 is 2.38 bits per heavy atom. The summed E-state index contributed by atoms with van der Waals surface area (Å²) in [6.07, 6.45) is 0.696. The van der Waals surface area contributed by atoms with Crippen LogP contribution in [-0.4, -0.2) is 37.1 Å². The molecule has 1 N–H and O–H groups in total. The van der Waals surface area contributed by atoms with Gasteiger partial charge in [0.15, 0.2) is 0 Å². The number of hydrogen-bond acceptors (Lipinski definition) is 3. The van der Waals surface area contributed by atoms with Crippen LogP contribution in [0.5, 0.6) is 0 Å². The van der Waals surface area contributed by atoms with Gasteiger partial charge in [0.05, 0.1) is 0 Å². The number of nitrogens with zero attached hydrogens (tertiary/aromatic N) is 1. The number of ether oxygens (including phenoxy) is 1. The number of aryl methyl sites for hydroxylation is 3. The van der Waals surface area contributed by atoms with E-state index < -0.39 is 5.92 Å². The van der Waals surface area contributed by atoms with E-state index in [2.05, 4.69) is 5.43 Å². The predicted molar refractivity (Wildman–Crippen MR) is 79.7 cm³/mol. The van der Waals surface area contributed by atoms with Gasteiger partial charge >= 0.3 is 0 Å². The summed E-state index contributed by atoms with van der Waals surface area (Å²) < 4.78 is 4.98. The molecule has 5 nitrogen and oxygen atoms in total. The average molecular weight is 290 g/mol. The van der Waals surface area contributed by atoms with E-state index in [1.807, 2.05) is 32.9 Å². The van der Waals surface area contributed by atoms with Crippen molar-refractivity contribution >= 4 is 11.8 Å². The van der Waals surface area contributed by atoms with Crippen LogP contribution in [0.2, 0.25) is 0 Å². The van der Waals surface area contributed by atoms with Gasteiger partial charge in [0.1, 0.15) is 5.92 Å². The third-order valence-electron chi connectivity index (χ3n) is 3.78. The van der Waals surface area contributed by atoms with Crippen LogP contribution in [0.15, 0.2) is 12.1 Å². The van der Waals surface area contributed by atoms with E-state index in [1.54, 1.807) is 7.11 Å². The molecule has 0 aromatic heterocycles. The first-order chi connectivity index (χ1) is 9.95. The summed E-state index contributed by atoms with van der Waals surface area (Å²) in [5.41, 5.74) is 6.61. The van der Waals surface area contributed by atoms with Gasteiger partial charge in [0.2, 0.25) is 0 Å². The van der Waals surface area contributed by atoms with Crippen molar-refractivity contribution in [3.63, 3.8) is 0 Å². The molecular formula is C16H22N2O3. The van der Waals surface area contributed by atoms with Crippen LogP contribution in [0.1, 0.15) is 34.6 Å². The van der Waals surface area contributed by atoms with Gasteiger partial charge in [-0.2, -0.15) is 0 Å². The number of methoxy groups -OCH3 is 1. The maximum Gasteiger partial charge on any atom is 0.258 e. The zero-order chi connectivity index (χ0) is 15.6. The Balaban J connectivity index is 2.25. The van der Waals surface area contributed by atoms with Crippen LogP contribution in [0.4, 0.5) is 0 Å². The lowest BCUT2D eigenvalue weighted by molar-refractivity contribution is -0.130. The van der Waals surface area contributed by atoms with Gasteiger partial charge in [-0.15, -0.1) is 0 Å². The lowest BCUT2D eigenvalue weighted by atomic mass is 9.89. The highest BCUT2D eigenvalue weighted by Gasteiger charge is 2.41. The van der Waals surface area contributed by atoms with Gasteiger partial charge in [0.25, 0.3) is 11.8 Å². The lowest BCUT2D eigenvalue weighted by Gasteiger charge is -2.16. The molecule has 0 radical (unpaired) electrons. The Morgan fingerprint density at radius 1 is 1.19 bits per heavy atom. The largest absolute Gasteiger partial charge is 0.385 e. The summed E-state index contributed by atoms with van der Waals surface area (Å²) in [5.74, 6) is -1.15. The molecule has 2 amide bonds. The molecule has 1 aromatic rings. The highest BCUT2D eigenvalue weighted by Crippen LogP contribution is 2.29. The Kier molecular flexibility index (Phi) is 4.63. The molecule has 0 bridgehead atoms. The monoisotopic (exact) mass is 290 g/mol. The molecule has 21 heavy (non-hydrogen) atoms. The summed E-state index contributed by atoms with van der Waals surface area (Å²) in [4.78, 5) is 24.7. The summed E-state index contributed by atoms with van der Waals surface area (Å²) in [7, 11) is 1.62. The molecule has 114 valence electrons. The molecule has 1 fully saturated rings. The summed E-state index contributed by atoms with van der Waals surface area (Å²) in [6, 6.07) is 4.02. The zero-order valence-electron chi connectivity index (χ0n) is 13.0. The number of carbonyl (C=O) groups is 2. The summed E-state index contributed by atoms with van der Waals surface area (Å²) >= 11 is 0. The third kappa shape index (κ3) is 3.08. The van der Waals surface area contributed by atoms with Gasteiger partial charge in [-0.05, 0) is 43.9 Å². The highest BCUT2D eigenvalue weighted by molar-refractivity contribution is 6.10.